The molecule has 0 aliphatic carbocycles. The van der Waals surface area contributed by atoms with Crippen LogP contribution in [0.2, 0.25) is 0 Å². The lowest BCUT2D eigenvalue weighted by Gasteiger charge is -1.97. The van der Waals surface area contributed by atoms with Crippen molar-refractivity contribution < 1.29 is 19.1 Å². The van der Waals surface area contributed by atoms with Crippen molar-refractivity contribution in [3.05, 3.63) is 0 Å². The van der Waals surface area contributed by atoms with Crippen LogP contribution in [0, 0.1) is 0 Å². The third-order valence-electron chi connectivity index (χ3n) is 2.42. The largest absolute Gasteiger partial charge is 0.469 e. The Kier molecular flexibility index (Phi) is 17.1. The van der Waals surface area contributed by atoms with Gasteiger partial charge in [-0.25, -0.2) is 0 Å². The maximum Gasteiger partial charge on any atom is 0.305 e. The zero-order chi connectivity index (χ0) is 14.2. The molecular weight excluding hydrogens is 232 g/mol. The maximum atomic E-state index is 10.6. The summed E-state index contributed by atoms with van der Waals surface area (Å²) in [6.45, 7) is 4.20. The fourth-order valence-corrected chi connectivity index (χ4v) is 1.22. The molecule has 108 valence electrons. The summed E-state index contributed by atoms with van der Waals surface area (Å²) in [5, 5.41) is 0. The molecule has 0 aromatic carbocycles. The molecule has 4 nitrogen and oxygen atoms in total. The van der Waals surface area contributed by atoms with Crippen molar-refractivity contribution in [2.45, 2.75) is 65.2 Å². The minimum Gasteiger partial charge on any atom is -0.469 e. The smallest absolute Gasteiger partial charge is 0.305 e. The summed E-state index contributed by atoms with van der Waals surface area (Å²) in [6, 6.07) is 0. The average molecular weight is 260 g/mol. The molecule has 0 amide bonds. The van der Waals surface area contributed by atoms with Crippen LogP contribution < -0.4 is 0 Å². The van der Waals surface area contributed by atoms with E-state index in [0.717, 1.165) is 25.7 Å². The summed E-state index contributed by atoms with van der Waals surface area (Å²) in [6.07, 6.45) is 7.68. The lowest BCUT2D eigenvalue weighted by atomic mass is 10.2. The van der Waals surface area contributed by atoms with Crippen LogP contribution in [-0.2, 0) is 19.1 Å². The molecular formula is C14H28O4. The Bertz CT molecular complexity index is 202. The van der Waals surface area contributed by atoms with Crippen LogP contribution in [0.3, 0.4) is 0 Å². The predicted octanol–water partition coefficient (Wildman–Crippen LogP) is 3.48. The molecule has 0 heterocycles. The number of esters is 2. The molecule has 0 unspecified atom stereocenters. The summed E-state index contributed by atoms with van der Waals surface area (Å²) >= 11 is 0. The Morgan fingerprint density at radius 3 is 1.56 bits per heavy atom. The van der Waals surface area contributed by atoms with Gasteiger partial charge < -0.3 is 9.47 Å². The molecule has 0 fully saturated rings. The van der Waals surface area contributed by atoms with Crippen LogP contribution in [0.1, 0.15) is 65.2 Å². The van der Waals surface area contributed by atoms with E-state index in [1.165, 1.54) is 27.1 Å². The highest BCUT2D eigenvalue weighted by Crippen LogP contribution is 2.02. The van der Waals surface area contributed by atoms with Crippen molar-refractivity contribution >= 4 is 11.9 Å². The van der Waals surface area contributed by atoms with Crippen LogP contribution in [0.4, 0.5) is 0 Å². The lowest BCUT2D eigenvalue weighted by Crippen LogP contribution is -1.98. The number of ether oxygens (including phenoxy) is 2. The zero-order valence-corrected chi connectivity index (χ0v) is 12.3. The van der Waals surface area contributed by atoms with Gasteiger partial charge in [0.1, 0.15) is 0 Å². The first-order chi connectivity index (χ1) is 8.62. The van der Waals surface area contributed by atoms with E-state index in [1.54, 1.807) is 0 Å². The molecule has 0 aliphatic rings. The molecule has 0 spiro atoms. The molecule has 0 aromatic heterocycles. The topological polar surface area (TPSA) is 52.6 Å². The highest BCUT2D eigenvalue weighted by Gasteiger charge is 1.97. The zero-order valence-electron chi connectivity index (χ0n) is 12.3. The summed E-state index contributed by atoms with van der Waals surface area (Å²) < 4.78 is 8.90. The molecule has 18 heavy (non-hydrogen) atoms. The van der Waals surface area contributed by atoms with Gasteiger partial charge in [-0.3, -0.25) is 9.59 Å². The normalized spacial score (nSPS) is 9.11. The van der Waals surface area contributed by atoms with Crippen molar-refractivity contribution in [2.75, 3.05) is 14.2 Å². The van der Waals surface area contributed by atoms with E-state index in [2.05, 4.69) is 16.4 Å². The van der Waals surface area contributed by atoms with Crippen LogP contribution in [0.5, 0.6) is 0 Å². The van der Waals surface area contributed by atoms with Crippen molar-refractivity contribution in [3.8, 4) is 0 Å². The van der Waals surface area contributed by atoms with Gasteiger partial charge >= 0.3 is 11.9 Å². The van der Waals surface area contributed by atoms with E-state index in [9.17, 15) is 9.59 Å². The predicted molar refractivity (Wildman–Crippen MR) is 72.3 cm³/mol. The highest BCUT2D eigenvalue weighted by atomic mass is 16.5. The van der Waals surface area contributed by atoms with Crippen LogP contribution >= 0.6 is 0 Å². The van der Waals surface area contributed by atoms with Gasteiger partial charge in [0.05, 0.1) is 14.2 Å². The molecule has 0 bridgehead atoms. The Labute approximate surface area is 111 Å². The van der Waals surface area contributed by atoms with Crippen molar-refractivity contribution in [3.63, 3.8) is 0 Å². The van der Waals surface area contributed by atoms with Gasteiger partial charge in [-0.2, -0.15) is 0 Å². The molecule has 0 aliphatic heterocycles. The van der Waals surface area contributed by atoms with Gasteiger partial charge in [-0.1, -0.05) is 39.5 Å². The summed E-state index contributed by atoms with van der Waals surface area (Å²) in [5.74, 6) is -0.192. The molecule has 0 N–H and O–H groups in total. The van der Waals surface area contributed by atoms with Gasteiger partial charge in [-0.15, -0.1) is 0 Å². The van der Waals surface area contributed by atoms with E-state index in [-0.39, 0.29) is 11.9 Å². The van der Waals surface area contributed by atoms with Gasteiger partial charge in [0.2, 0.25) is 0 Å². The average Bonchev–Trinajstić information content (AvgIpc) is 2.41. The summed E-state index contributed by atoms with van der Waals surface area (Å²) in [7, 11) is 2.85. The second-order valence-electron chi connectivity index (χ2n) is 4.07. The SMILES string of the molecule is CCCCC(=O)OC.CCCCCCC(=O)OC. The minimum atomic E-state index is -0.105. The third kappa shape index (κ3) is 17.3. The molecule has 0 radical (unpaired) electrons. The number of hydrogen-bond donors (Lipinski definition) is 0. The molecule has 4 heteroatoms. The van der Waals surface area contributed by atoms with Crippen LogP contribution in [-0.4, -0.2) is 26.2 Å². The van der Waals surface area contributed by atoms with Gasteiger partial charge in [0.25, 0.3) is 0 Å². The first kappa shape index (κ1) is 19.3. The number of hydrogen-bond acceptors (Lipinski definition) is 4. The summed E-state index contributed by atoms with van der Waals surface area (Å²) in [4.78, 5) is 20.9. The van der Waals surface area contributed by atoms with Crippen LogP contribution in [0.25, 0.3) is 0 Å². The number of carbonyl (C=O) groups is 2. The first-order valence-electron chi connectivity index (χ1n) is 6.75. The van der Waals surface area contributed by atoms with Gasteiger partial charge in [-0.05, 0) is 12.8 Å². The molecule has 0 atom stereocenters. The Hall–Kier alpha value is -1.06. The number of unbranched alkanes of at least 4 members (excludes halogenated alkanes) is 4. The maximum absolute atomic E-state index is 10.6. The van der Waals surface area contributed by atoms with Gasteiger partial charge in [0.15, 0.2) is 0 Å². The van der Waals surface area contributed by atoms with Crippen molar-refractivity contribution in [1.29, 1.82) is 0 Å². The molecule has 0 saturated carbocycles. The molecule has 0 aromatic rings. The summed E-state index contributed by atoms with van der Waals surface area (Å²) in [5.41, 5.74) is 0. The second kappa shape index (κ2) is 15.9. The number of methoxy groups -OCH3 is 2. The number of rotatable bonds is 8. The second-order valence-corrected chi connectivity index (χ2v) is 4.07. The quantitative estimate of drug-likeness (QED) is 0.495. The van der Waals surface area contributed by atoms with E-state index in [1.807, 2.05) is 6.92 Å². The first-order valence-corrected chi connectivity index (χ1v) is 6.75. The van der Waals surface area contributed by atoms with Crippen molar-refractivity contribution in [1.82, 2.24) is 0 Å². The molecule has 0 saturated heterocycles. The van der Waals surface area contributed by atoms with Gasteiger partial charge in [0, 0.05) is 12.8 Å². The van der Waals surface area contributed by atoms with E-state index in [4.69, 9.17) is 0 Å². The fraction of sp³-hybridized carbons (Fsp3) is 0.857. The monoisotopic (exact) mass is 260 g/mol. The van der Waals surface area contributed by atoms with E-state index in [0.29, 0.717) is 12.8 Å². The standard InChI is InChI=1S/C8H16O2.C6H12O2/c1-3-4-5-6-7-8(9)10-2;1-3-4-5-6(7)8-2/h3-7H2,1-2H3;3-5H2,1-2H3. The molecule has 0 rings (SSSR count). The third-order valence-corrected chi connectivity index (χ3v) is 2.42. The van der Waals surface area contributed by atoms with E-state index < -0.39 is 0 Å². The Morgan fingerprint density at radius 1 is 0.722 bits per heavy atom. The van der Waals surface area contributed by atoms with E-state index >= 15 is 0 Å². The minimum absolute atomic E-state index is 0.0869. The highest BCUT2D eigenvalue weighted by molar-refractivity contribution is 5.69. The number of carbonyl (C=O) groups excluding carboxylic acids is 2. The lowest BCUT2D eigenvalue weighted by molar-refractivity contribution is -0.141. The Balaban J connectivity index is 0. The Morgan fingerprint density at radius 2 is 1.17 bits per heavy atom. The van der Waals surface area contributed by atoms with Crippen LogP contribution in [0.15, 0.2) is 0 Å². The fourth-order valence-electron chi connectivity index (χ4n) is 1.22. The van der Waals surface area contributed by atoms with Crippen molar-refractivity contribution in [2.24, 2.45) is 0 Å².